The third kappa shape index (κ3) is 2.29. The molecule has 1 aliphatic carbocycles. The average molecular weight is 260 g/mol. The predicted octanol–water partition coefficient (Wildman–Crippen LogP) is 3.34. The number of ether oxygens (including phenoxy) is 1. The summed E-state index contributed by atoms with van der Waals surface area (Å²) in [4.78, 5) is 24.4. The topological polar surface area (TPSA) is 43.4 Å². The summed E-state index contributed by atoms with van der Waals surface area (Å²) in [5.41, 5.74) is 0.875. The normalized spacial score (nSPS) is 16.8. The molecule has 0 N–H and O–H groups in total. The fraction of sp³-hybridized carbons (Fsp3) is 0.500. The summed E-state index contributed by atoms with van der Waals surface area (Å²) >= 11 is 0. The third-order valence-corrected chi connectivity index (χ3v) is 4.06. The zero-order chi connectivity index (χ0) is 14.0. The molecule has 0 atom stereocenters. The molecule has 19 heavy (non-hydrogen) atoms. The molecule has 1 aromatic carbocycles. The number of hydrogen-bond donors (Lipinski definition) is 0. The van der Waals surface area contributed by atoms with Crippen LogP contribution in [0.25, 0.3) is 0 Å². The fourth-order valence-corrected chi connectivity index (χ4v) is 2.55. The highest BCUT2D eigenvalue weighted by Gasteiger charge is 2.51. The van der Waals surface area contributed by atoms with E-state index in [-0.39, 0.29) is 5.78 Å². The van der Waals surface area contributed by atoms with Crippen molar-refractivity contribution in [3.05, 3.63) is 35.4 Å². The van der Waals surface area contributed by atoms with Crippen LogP contribution in [-0.2, 0) is 9.53 Å². The minimum atomic E-state index is -0.923. The Morgan fingerprint density at radius 3 is 2.11 bits per heavy atom. The molecule has 102 valence electrons. The van der Waals surface area contributed by atoms with Gasteiger partial charge in [-0.15, -0.1) is 0 Å². The van der Waals surface area contributed by atoms with Crippen LogP contribution in [0.3, 0.4) is 0 Å². The number of methoxy groups -OCH3 is 1. The van der Waals surface area contributed by atoms with Crippen molar-refractivity contribution < 1.29 is 14.3 Å². The van der Waals surface area contributed by atoms with Crippen LogP contribution in [0.5, 0.6) is 0 Å². The lowest BCUT2D eigenvalue weighted by atomic mass is 9.64. The average Bonchev–Trinajstić information content (AvgIpc) is 2.37. The molecule has 0 amide bonds. The van der Waals surface area contributed by atoms with E-state index < -0.39 is 11.4 Å². The van der Waals surface area contributed by atoms with Crippen LogP contribution in [-0.4, -0.2) is 18.9 Å². The molecular formula is C16H20O3. The maximum Gasteiger partial charge on any atom is 0.319 e. The number of carbonyl (C=O) groups excluding carboxylic acids is 2. The van der Waals surface area contributed by atoms with Gasteiger partial charge in [-0.3, -0.25) is 9.59 Å². The van der Waals surface area contributed by atoms with Gasteiger partial charge in [-0.05, 0) is 24.3 Å². The van der Waals surface area contributed by atoms with Gasteiger partial charge in [0.15, 0.2) is 5.78 Å². The summed E-state index contributed by atoms with van der Waals surface area (Å²) in [5.74, 6) is -0.0555. The molecule has 3 nitrogen and oxygen atoms in total. The van der Waals surface area contributed by atoms with Crippen LogP contribution < -0.4 is 0 Å². The third-order valence-electron chi connectivity index (χ3n) is 4.06. The van der Waals surface area contributed by atoms with Crippen LogP contribution in [0.2, 0.25) is 0 Å². The van der Waals surface area contributed by atoms with E-state index in [4.69, 9.17) is 4.74 Å². The van der Waals surface area contributed by atoms with Gasteiger partial charge in [0.2, 0.25) is 0 Å². The van der Waals surface area contributed by atoms with Gasteiger partial charge in [-0.2, -0.15) is 0 Å². The second-order valence-electron chi connectivity index (χ2n) is 5.53. The predicted molar refractivity (Wildman–Crippen MR) is 73.2 cm³/mol. The summed E-state index contributed by atoms with van der Waals surface area (Å²) in [5, 5.41) is 0. The fourth-order valence-electron chi connectivity index (χ4n) is 2.55. The molecule has 3 heteroatoms. The van der Waals surface area contributed by atoms with Gasteiger partial charge in [-0.25, -0.2) is 0 Å². The highest BCUT2D eigenvalue weighted by Crippen LogP contribution is 2.44. The molecule has 1 aliphatic rings. The summed E-state index contributed by atoms with van der Waals surface area (Å²) in [6.07, 6.45) is 2.11. The Labute approximate surface area is 114 Å². The number of hydrogen-bond acceptors (Lipinski definition) is 3. The van der Waals surface area contributed by atoms with E-state index in [1.54, 1.807) is 0 Å². The van der Waals surface area contributed by atoms with Crippen LogP contribution in [0.15, 0.2) is 24.3 Å². The van der Waals surface area contributed by atoms with Gasteiger partial charge in [0.1, 0.15) is 5.41 Å². The lowest BCUT2D eigenvalue weighted by Gasteiger charge is -2.37. The molecule has 0 bridgehead atoms. The minimum absolute atomic E-state index is 0.0964. The number of benzene rings is 1. The maximum absolute atomic E-state index is 12.5. The first-order valence-corrected chi connectivity index (χ1v) is 6.74. The highest BCUT2D eigenvalue weighted by atomic mass is 16.5. The standard InChI is InChI=1S/C16H20O3/c1-11(2)12-5-7-13(8-6-12)14(17)16(9-4-10-16)15(18)19-3/h5-8,11H,4,9-10H2,1-3H3. The Morgan fingerprint density at radius 2 is 1.74 bits per heavy atom. The molecule has 0 unspecified atom stereocenters. The summed E-state index contributed by atoms with van der Waals surface area (Å²) in [6.45, 7) is 4.22. The SMILES string of the molecule is COC(=O)C1(C(=O)c2ccc(C(C)C)cc2)CCC1. The molecule has 2 rings (SSSR count). The monoisotopic (exact) mass is 260 g/mol. The second-order valence-corrected chi connectivity index (χ2v) is 5.53. The van der Waals surface area contributed by atoms with Crippen molar-refractivity contribution in [2.75, 3.05) is 7.11 Å². The first-order chi connectivity index (χ1) is 9.01. The number of Topliss-reactive ketones (excluding diaryl/α,β-unsaturated/α-hetero) is 1. The van der Waals surface area contributed by atoms with Crippen molar-refractivity contribution in [3.8, 4) is 0 Å². The van der Waals surface area contributed by atoms with E-state index >= 15 is 0 Å². The van der Waals surface area contributed by atoms with Gasteiger partial charge in [-0.1, -0.05) is 44.5 Å². The number of rotatable bonds is 4. The maximum atomic E-state index is 12.5. The van der Waals surface area contributed by atoms with Crippen LogP contribution >= 0.6 is 0 Å². The van der Waals surface area contributed by atoms with Crippen molar-refractivity contribution in [3.63, 3.8) is 0 Å². The smallest absolute Gasteiger partial charge is 0.319 e. The van der Waals surface area contributed by atoms with Crippen LogP contribution in [0, 0.1) is 5.41 Å². The molecule has 1 fully saturated rings. The largest absolute Gasteiger partial charge is 0.468 e. The van der Waals surface area contributed by atoms with Crippen molar-refractivity contribution in [2.45, 2.75) is 39.0 Å². The van der Waals surface area contributed by atoms with Gasteiger partial charge >= 0.3 is 5.97 Å². The van der Waals surface area contributed by atoms with E-state index in [2.05, 4.69) is 13.8 Å². The molecule has 0 aliphatic heterocycles. The van der Waals surface area contributed by atoms with E-state index in [0.717, 1.165) is 6.42 Å². The molecule has 0 heterocycles. The quantitative estimate of drug-likeness (QED) is 0.474. The van der Waals surface area contributed by atoms with E-state index in [1.807, 2.05) is 24.3 Å². The lowest BCUT2D eigenvalue weighted by Crippen LogP contribution is -2.45. The zero-order valence-electron chi connectivity index (χ0n) is 11.7. The highest BCUT2D eigenvalue weighted by molar-refractivity contribution is 6.13. The van der Waals surface area contributed by atoms with Crippen molar-refractivity contribution >= 4 is 11.8 Å². The number of carbonyl (C=O) groups is 2. The van der Waals surface area contributed by atoms with E-state index in [0.29, 0.717) is 24.3 Å². The van der Waals surface area contributed by atoms with Crippen LogP contribution in [0.4, 0.5) is 0 Å². The zero-order valence-corrected chi connectivity index (χ0v) is 11.7. The second kappa shape index (κ2) is 5.16. The first-order valence-electron chi connectivity index (χ1n) is 6.74. The van der Waals surface area contributed by atoms with Gasteiger partial charge in [0.05, 0.1) is 7.11 Å². The molecule has 1 saturated carbocycles. The number of esters is 1. The molecular weight excluding hydrogens is 240 g/mol. The van der Waals surface area contributed by atoms with Crippen molar-refractivity contribution in [1.29, 1.82) is 0 Å². The Kier molecular flexibility index (Phi) is 3.74. The first kappa shape index (κ1) is 13.8. The van der Waals surface area contributed by atoms with Gasteiger partial charge in [0, 0.05) is 5.56 Å². The minimum Gasteiger partial charge on any atom is -0.468 e. The molecule has 0 aromatic heterocycles. The van der Waals surface area contributed by atoms with Crippen LogP contribution in [0.1, 0.15) is 54.9 Å². The van der Waals surface area contributed by atoms with Gasteiger partial charge < -0.3 is 4.74 Å². The summed E-state index contributed by atoms with van der Waals surface area (Å²) in [6, 6.07) is 7.56. The molecule has 0 saturated heterocycles. The van der Waals surface area contributed by atoms with E-state index in [1.165, 1.54) is 12.7 Å². The van der Waals surface area contributed by atoms with E-state index in [9.17, 15) is 9.59 Å². The molecule has 1 aromatic rings. The Morgan fingerprint density at radius 1 is 1.16 bits per heavy atom. The van der Waals surface area contributed by atoms with Crippen molar-refractivity contribution in [2.24, 2.45) is 5.41 Å². The van der Waals surface area contributed by atoms with Gasteiger partial charge in [0.25, 0.3) is 0 Å². The van der Waals surface area contributed by atoms with Crippen molar-refractivity contribution in [1.82, 2.24) is 0 Å². The Balaban J connectivity index is 2.26. The summed E-state index contributed by atoms with van der Waals surface area (Å²) < 4.78 is 4.80. The Bertz CT molecular complexity index is 481. The lowest BCUT2D eigenvalue weighted by molar-refractivity contribution is -0.153. The number of ketones is 1. The molecule has 0 spiro atoms. The molecule has 0 radical (unpaired) electrons. The summed E-state index contributed by atoms with van der Waals surface area (Å²) in [7, 11) is 1.34. The Hall–Kier alpha value is -1.64.